The maximum absolute atomic E-state index is 13.3. The fourth-order valence-corrected chi connectivity index (χ4v) is 4.62. The van der Waals surface area contributed by atoms with Crippen molar-refractivity contribution in [3.8, 4) is 11.4 Å². The third kappa shape index (κ3) is 2.66. The summed E-state index contributed by atoms with van der Waals surface area (Å²) < 4.78 is 8.76. The van der Waals surface area contributed by atoms with E-state index >= 15 is 0 Å². The molecule has 156 valence electrons. The Morgan fingerprint density at radius 2 is 2.07 bits per heavy atom. The van der Waals surface area contributed by atoms with Gasteiger partial charge in [0.15, 0.2) is 18.0 Å². The first kappa shape index (κ1) is 20.9. The maximum atomic E-state index is 13.3. The van der Waals surface area contributed by atoms with Crippen LogP contribution in [0, 0.1) is 0 Å². The lowest BCUT2D eigenvalue weighted by molar-refractivity contribution is -0.670. The first-order chi connectivity index (χ1) is 13.9. The van der Waals surface area contributed by atoms with E-state index in [9.17, 15) is 14.7 Å². The molecule has 3 aromatic heterocycles. The molecule has 0 fully saturated rings. The molecule has 0 radical (unpaired) electrons. The van der Waals surface area contributed by atoms with Gasteiger partial charge in [-0.3, -0.25) is 4.79 Å². The summed E-state index contributed by atoms with van der Waals surface area (Å²) in [6, 6.07) is 3.81. The molecule has 0 bridgehead atoms. The number of carbonyl (C=O) groups excluding carboxylic acids is 1. The highest BCUT2D eigenvalue weighted by atomic mass is 127. The Kier molecular flexibility index (Phi) is 4.97. The van der Waals surface area contributed by atoms with Crippen molar-refractivity contribution >= 4 is 16.9 Å². The van der Waals surface area contributed by atoms with Crippen LogP contribution < -0.4 is 34.1 Å². The summed E-state index contributed by atoms with van der Waals surface area (Å²) in [6.07, 6.45) is 4.91. The summed E-state index contributed by atoms with van der Waals surface area (Å²) in [4.78, 5) is 30.4. The molecule has 5 rings (SSSR count). The Morgan fingerprint density at radius 1 is 1.30 bits per heavy atom. The van der Waals surface area contributed by atoms with E-state index in [2.05, 4.69) is 13.0 Å². The number of cyclic esters (lactones) is 1. The molecule has 2 aliphatic heterocycles. The molecule has 5 heterocycles. The standard InChI is InChI=1S/C22H22N3O4.HI/c1-4-12-13-6-7-24(3)10-17(13)23-19-14(12)9-25-18(19)8-16-15(20(25)26)11-29-21(27)22(16,28)5-2;/h6-8,10,28H,4-5,9,11H2,1-3H3;1H/q+1;/p-1/t22-;/m0./s1. The molecule has 0 saturated carbocycles. The lowest BCUT2D eigenvalue weighted by atomic mass is 9.86. The third-order valence-corrected chi connectivity index (χ3v) is 6.24. The molecule has 7 nitrogen and oxygen atoms in total. The predicted octanol–water partition coefficient (Wildman–Crippen LogP) is -1.53. The predicted molar refractivity (Wildman–Crippen MR) is 105 cm³/mol. The van der Waals surface area contributed by atoms with Gasteiger partial charge in [0.05, 0.1) is 23.5 Å². The number of hydrogen-bond acceptors (Lipinski definition) is 5. The molecule has 0 aromatic carbocycles. The summed E-state index contributed by atoms with van der Waals surface area (Å²) in [5.41, 5.74) is 3.11. The topological polar surface area (TPSA) is 85.3 Å². The van der Waals surface area contributed by atoms with Crippen LogP contribution >= 0.6 is 0 Å². The number of aliphatic hydroxyl groups is 1. The Morgan fingerprint density at radius 3 is 2.77 bits per heavy atom. The average Bonchev–Trinajstić information content (AvgIpc) is 3.08. The van der Waals surface area contributed by atoms with Crippen LogP contribution in [0.1, 0.15) is 42.5 Å². The Labute approximate surface area is 190 Å². The molecule has 0 saturated heterocycles. The summed E-state index contributed by atoms with van der Waals surface area (Å²) >= 11 is 0. The molecule has 0 unspecified atom stereocenters. The van der Waals surface area contributed by atoms with Gasteiger partial charge in [0.1, 0.15) is 19.2 Å². The second kappa shape index (κ2) is 7.12. The van der Waals surface area contributed by atoms with Crippen LogP contribution in [-0.4, -0.2) is 20.6 Å². The normalized spacial score (nSPS) is 19.0. The Balaban J connectivity index is 0.00000218. The van der Waals surface area contributed by atoms with Gasteiger partial charge in [-0.15, -0.1) is 0 Å². The van der Waals surface area contributed by atoms with Crippen molar-refractivity contribution in [3.63, 3.8) is 0 Å². The van der Waals surface area contributed by atoms with Crippen molar-refractivity contribution < 1.29 is 43.2 Å². The van der Waals surface area contributed by atoms with Crippen molar-refractivity contribution in [1.82, 2.24) is 9.55 Å². The molecular weight excluding hydrogens is 497 g/mol. The molecule has 0 spiro atoms. The number of aromatic nitrogens is 3. The molecule has 0 amide bonds. The number of esters is 1. The van der Waals surface area contributed by atoms with Crippen LogP contribution in [0.4, 0.5) is 0 Å². The molecule has 8 heteroatoms. The number of pyridine rings is 3. The molecule has 30 heavy (non-hydrogen) atoms. The van der Waals surface area contributed by atoms with Gasteiger partial charge < -0.3 is 38.4 Å². The van der Waals surface area contributed by atoms with E-state index in [1.54, 1.807) is 17.6 Å². The lowest BCUT2D eigenvalue weighted by Crippen LogP contribution is -3.00. The number of hydrogen-bond donors (Lipinski definition) is 1. The molecule has 1 N–H and O–H groups in total. The molecule has 1 atom stereocenters. The zero-order chi connectivity index (χ0) is 20.5. The van der Waals surface area contributed by atoms with E-state index < -0.39 is 11.6 Å². The maximum Gasteiger partial charge on any atom is 0.343 e. The SMILES string of the molecule is CCc1c2c(nc3c[n+](C)ccc13)-c1cc3c(c(=O)n1C2)COC(=O)[C@]3(O)CC.[I-]. The van der Waals surface area contributed by atoms with Crippen molar-refractivity contribution in [1.29, 1.82) is 0 Å². The van der Waals surface area contributed by atoms with Crippen molar-refractivity contribution in [2.24, 2.45) is 7.05 Å². The van der Waals surface area contributed by atoms with Crippen LogP contribution in [0.5, 0.6) is 0 Å². The number of halogens is 1. The first-order valence-electron chi connectivity index (χ1n) is 9.87. The monoisotopic (exact) mass is 519 g/mol. The smallest absolute Gasteiger partial charge is 0.343 e. The fourth-order valence-electron chi connectivity index (χ4n) is 4.62. The molecule has 3 aromatic rings. The van der Waals surface area contributed by atoms with Gasteiger partial charge in [0, 0.05) is 22.6 Å². The first-order valence-corrected chi connectivity index (χ1v) is 9.87. The fraction of sp³-hybridized carbons (Fsp3) is 0.364. The minimum atomic E-state index is -1.80. The van der Waals surface area contributed by atoms with Crippen LogP contribution in [0.25, 0.3) is 22.3 Å². The van der Waals surface area contributed by atoms with E-state index in [0.29, 0.717) is 23.4 Å². The second-order valence-corrected chi connectivity index (χ2v) is 7.78. The largest absolute Gasteiger partial charge is 1.00 e. The summed E-state index contributed by atoms with van der Waals surface area (Å²) in [7, 11) is 1.95. The number of rotatable bonds is 2. The Hall–Kier alpha value is -2.33. The van der Waals surface area contributed by atoms with Gasteiger partial charge in [0.25, 0.3) is 5.56 Å². The summed E-state index contributed by atoms with van der Waals surface area (Å²) in [5.74, 6) is -0.706. The quantitative estimate of drug-likeness (QED) is 0.198. The van der Waals surface area contributed by atoms with E-state index in [1.165, 1.54) is 5.56 Å². The second-order valence-electron chi connectivity index (χ2n) is 7.78. The Bertz CT molecular complexity index is 1280. The summed E-state index contributed by atoms with van der Waals surface area (Å²) in [5, 5.41) is 12.0. The number of carbonyl (C=O) groups is 1. The van der Waals surface area contributed by atoms with E-state index in [4.69, 9.17) is 9.72 Å². The summed E-state index contributed by atoms with van der Waals surface area (Å²) in [6.45, 7) is 4.12. The van der Waals surface area contributed by atoms with Crippen molar-refractivity contribution in [3.05, 3.63) is 57.1 Å². The van der Waals surface area contributed by atoms with Crippen LogP contribution in [0.2, 0.25) is 0 Å². The van der Waals surface area contributed by atoms with Gasteiger partial charge >= 0.3 is 5.97 Å². The minimum absolute atomic E-state index is 0. The van der Waals surface area contributed by atoms with Crippen molar-refractivity contribution in [2.45, 2.75) is 45.4 Å². The lowest BCUT2D eigenvalue weighted by Gasteiger charge is -2.31. The third-order valence-electron chi connectivity index (χ3n) is 6.24. The number of aryl methyl sites for hydroxylation is 2. The molecule has 0 aliphatic carbocycles. The van der Waals surface area contributed by atoms with E-state index in [-0.39, 0.29) is 42.6 Å². The number of ether oxygens (including phenoxy) is 1. The van der Waals surface area contributed by atoms with E-state index in [1.807, 2.05) is 24.0 Å². The van der Waals surface area contributed by atoms with Crippen LogP contribution in [0.15, 0.2) is 29.3 Å². The average molecular weight is 519 g/mol. The van der Waals surface area contributed by atoms with Crippen LogP contribution in [0.3, 0.4) is 0 Å². The number of fused-ring (bicyclic) bond motifs is 5. The van der Waals surface area contributed by atoms with E-state index in [0.717, 1.165) is 28.6 Å². The van der Waals surface area contributed by atoms with Crippen molar-refractivity contribution in [2.75, 3.05) is 0 Å². The van der Waals surface area contributed by atoms with Gasteiger partial charge in [-0.2, -0.15) is 0 Å². The van der Waals surface area contributed by atoms with Gasteiger partial charge in [-0.1, -0.05) is 13.8 Å². The zero-order valence-corrected chi connectivity index (χ0v) is 19.2. The minimum Gasteiger partial charge on any atom is -1.00 e. The number of nitrogens with zero attached hydrogens (tertiary/aromatic N) is 3. The highest BCUT2D eigenvalue weighted by Gasteiger charge is 2.45. The van der Waals surface area contributed by atoms with Crippen LogP contribution in [-0.2, 0) is 41.8 Å². The molecular formula is C22H22IN3O4. The highest BCUT2D eigenvalue weighted by molar-refractivity contribution is 5.88. The van der Waals surface area contributed by atoms with Gasteiger partial charge in [-0.05, 0) is 24.5 Å². The highest BCUT2D eigenvalue weighted by Crippen LogP contribution is 2.40. The zero-order valence-electron chi connectivity index (χ0n) is 17.0. The van der Waals surface area contributed by atoms with Gasteiger partial charge in [-0.25, -0.2) is 14.3 Å². The van der Waals surface area contributed by atoms with Gasteiger partial charge in [0.2, 0.25) is 0 Å². The molecule has 2 aliphatic rings.